The number of nitrogens with one attached hydrogen (secondary N) is 2. The number of hydrogen-bond donors (Lipinski definition) is 3. The molecule has 0 saturated carbocycles. The van der Waals surface area contributed by atoms with Crippen LogP contribution in [0.5, 0.6) is 0 Å². The zero-order valence-corrected chi connectivity index (χ0v) is 14.9. The largest absolute Gasteiger partial charge is 0.380 e. The number of rotatable bonds is 4. The van der Waals surface area contributed by atoms with E-state index in [1.54, 1.807) is 42.3 Å². The van der Waals surface area contributed by atoms with E-state index in [1.807, 2.05) is 0 Å². The van der Waals surface area contributed by atoms with Crippen molar-refractivity contribution in [3.05, 3.63) is 57.5 Å². The lowest BCUT2D eigenvalue weighted by atomic mass is 10.3. The highest BCUT2D eigenvalue weighted by molar-refractivity contribution is 7.19. The van der Waals surface area contributed by atoms with Crippen molar-refractivity contribution < 1.29 is 5.11 Å². The number of hydrogen-bond acceptors (Lipinski definition) is 7. The van der Waals surface area contributed by atoms with Gasteiger partial charge in [0.1, 0.15) is 16.6 Å². The molecule has 136 valence electrons. The molecule has 11 heteroatoms. The van der Waals surface area contributed by atoms with Crippen LogP contribution in [0.4, 0.5) is 0 Å². The smallest absolute Gasteiger partial charge is 0.291 e. The van der Waals surface area contributed by atoms with Crippen molar-refractivity contribution in [2.75, 3.05) is 0 Å². The number of thiazole rings is 1. The van der Waals surface area contributed by atoms with Crippen molar-refractivity contribution in [1.29, 1.82) is 0 Å². The lowest BCUT2D eigenvalue weighted by molar-refractivity contribution is 0.215. The fourth-order valence-corrected chi connectivity index (χ4v) is 4.23. The normalized spacial score (nSPS) is 13.0. The number of aromatic amines is 2. The summed E-state index contributed by atoms with van der Waals surface area (Å²) in [6, 6.07) is 3.50. The average molecular weight is 382 g/mol. The maximum Gasteiger partial charge on any atom is 0.291 e. The molecule has 5 rings (SSSR count). The summed E-state index contributed by atoms with van der Waals surface area (Å²) >= 11 is 1.34. The fraction of sp³-hybridized carbons (Fsp3) is 0.188. The molecule has 0 aliphatic rings. The van der Waals surface area contributed by atoms with Gasteiger partial charge in [-0.25, -0.2) is 9.67 Å². The van der Waals surface area contributed by atoms with Gasteiger partial charge in [-0.3, -0.25) is 15.0 Å². The SMILES string of the molecule is Cn1c2nc([C@@H](O)c3ccn[nH]3)sc2c2cnn(Cc3ccn[nH]3)c(=O)c21. The fourth-order valence-electron chi connectivity index (χ4n) is 3.12. The number of aliphatic hydroxyl groups is 1. The van der Waals surface area contributed by atoms with E-state index in [-0.39, 0.29) is 5.56 Å². The van der Waals surface area contributed by atoms with Crippen LogP contribution in [0.2, 0.25) is 0 Å². The zero-order valence-electron chi connectivity index (χ0n) is 14.1. The summed E-state index contributed by atoms with van der Waals surface area (Å²) < 4.78 is 3.96. The van der Waals surface area contributed by atoms with Crippen molar-refractivity contribution in [3.8, 4) is 0 Å². The van der Waals surface area contributed by atoms with E-state index in [2.05, 4.69) is 30.5 Å². The first kappa shape index (κ1) is 15.9. The highest BCUT2D eigenvalue weighted by atomic mass is 32.1. The van der Waals surface area contributed by atoms with E-state index in [1.165, 1.54) is 16.0 Å². The van der Waals surface area contributed by atoms with Crippen LogP contribution >= 0.6 is 11.3 Å². The lowest BCUT2D eigenvalue weighted by Gasteiger charge is -2.05. The van der Waals surface area contributed by atoms with Crippen LogP contribution in [-0.2, 0) is 13.6 Å². The molecule has 5 aromatic heterocycles. The summed E-state index contributed by atoms with van der Waals surface area (Å²) in [5, 5.41) is 29.3. The van der Waals surface area contributed by atoms with Gasteiger partial charge < -0.3 is 9.67 Å². The van der Waals surface area contributed by atoms with Crippen molar-refractivity contribution in [2.45, 2.75) is 12.6 Å². The minimum absolute atomic E-state index is 0.203. The second kappa shape index (κ2) is 5.86. The third kappa shape index (κ3) is 2.39. The van der Waals surface area contributed by atoms with Gasteiger partial charge in [0.15, 0.2) is 5.65 Å². The van der Waals surface area contributed by atoms with Gasteiger partial charge >= 0.3 is 0 Å². The van der Waals surface area contributed by atoms with Gasteiger partial charge in [-0.2, -0.15) is 15.3 Å². The summed E-state index contributed by atoms with van der Waals surface area (Å²) in [6.45, 7) is 0.310. The minimum Gasteiger partial charge on any atom is -0.380 e. The molecule has 0 radical (unpaired) electrons. The Morgan fingerprint density at radius 3 is 2.81 bits per heavy atom. The van der Waals surface area contributed by atoms with Crippen LogP contribution in [0.1, 0.15) is 22.5 Å². The van der Waals surface area contributed by atoms with Crippen molar-refractivity contribution in [3.63, 3.8) is 0 Å². The molecule has 0 amide bonds. The molecule has 0 saturated heterocycles. The predicted molar refractivity (Wildman–Crippen MR) is 98.5 cm³/mol. The molecule has 3 N–H and O–H groups in total. The van der Waals surface area contributed by atoms with E-state index in [9.17, 15) is 9.90 Å². The Kier molecular flexibility index (Phi) is 3.45. The topological polar surface area (TPSA) is 130 Å². The van der Waals surface area contributed by atoms with E-state index in [4.69, 9.17) is 0 Å². The van der Waals surface area contributed by atoms with Gasteiger partial charge in [0.05, 0.1) is 28.8 Å². The highest BCUT2D eigenvalue weighted by Gasteiger charge is 2.22. The Balaban J connectivity index is 1.64. The number of fused-ring (bicyclic) bond motifs is 3. The van der Waals surface area contributed by atoms with Crippen LogP contribution in [0.15, 0.2) is 35.5 Å². The molecule has 0 unspecified atom stereocenters. The molecular formula is C16H14N8O2S. The second-order valence-electron chi connectivity index (χ2n) is 6.13. The van der Waals surface area contributed by atoms with Crippen LogP contribution in [0.25, 0.3) is 21.3 Å². The highest BCUT2D eigenvalue weighted by Crippen LogP contribution is 2.34. The average Bonchev–Trinajstić information content (AvgIpc) is 3.44. The van der Waals surface area contributed by atoms with Crippen molar-refractivity contribution >= 4 is 32.6 Å². The number of aryl methyl sites for hydroxylation is 1. The van der Waals surface area contributed by atoms with Gasteiger partial charge in [-0.15, -0.1) is 11.3 Å². The maximum atomic E-state index is 12.9. The Bertz CT molecular complexity index is 1300. The van der Waals surface area contributed by atoms with Gasteiger partial charge in [0.25, 0.3) is 5.56 Å². The number of aromatic nitrogens is 8. The van der Waals surface area contributed by atoms with Crippen molar-refractivity contribution in [1.82, 2.24) is 39.7 Å². The number of nitrogens with zero attached hydrogens (tertiary/aromatic N) is 6. The molecular weight excluding hydrogens is 368 g/mol. The molecule has 0 aromatic carbocycles. The summed E-state index contributed by atoms with van der Waals surface area (Å²) in [4.78, 5) is 17.5. The first-order chi connectivity index (χ1) is 13.1. The number of aliphatic hydroxyl groups excluding tert-OH is 1. The quantitative estimate of drug-likeness (QED) is 0.424. The van der Waals surface area contributed by atoms with Gasteiger partial charge in [-0.05, 0) is 12.1 Å². The van der Waals surface area contributed by atoms with Gasteiger partial charge in [0.2, 0.25) is 0 Å². The maximum absolute atomic E-state index is 12.9. The standard InChI is InChI=1S/C16H14N8O2S/c1-23-11-9(6-19-24(16(11)26)7-8-2-4-17-21-8)13-14(23)20-15(27-13)12(25)10-3-5-18-22-10/h2-6,12,25H,7H2,1H3,(H,17,21)(H,18,22)/t12-/m0/s1. The molecule has 0 fully saturated rings. The second-order valence-corrected chi connectivity index (χ2v) is 7.16. The summed E-state index contributed by atoms with van der Waals surface area (Å²) in [7, 11) is 1.79. The van der Waals surface area contributed by atoms with E-state index >= 15 is 0 Å². The first-order valence-electron chi connectivity index (χ1n) is 8.14. The predicted octanol–water partition coefficient (Wildman–Crippen LogP) is 0.921. The summed E-state index contributed by atoms with van der Waals surface area (Å²) in [6.07, 6.45) is 3.98. The van der Waals surface area contributed by atoms with E-state index in [0.29, 0.717) is 28.4 Å². The molecule has 0 spiro atoms. The summed E-state index contributed by atoms with van der Waals surface area (Å²) in [5.74, 6) is 0. The van der Waals surface area contributed by atoms with E-state index in [0.717, 1.165) is 15.8 Å². The molecule has 10 nitrogen and oxygen atoms in total. The Hall–Kier alpha value is -3.31. The third-order valence-electron chi connectivity index (χ3n) is 4.47. The molecule has 0 aliphatic heterocycles. The summed E-state index contributed by atoms with van der Waals surface area (Å²) in [5.41, 5.74) is 2.33. The molecule has 1 atom stereocenters. The number of H-pyrrole nitrogens is 2. The molecule has 5 aromatic rings. The first-order valence-corrected chi connectivity index (χ1v) is 8.95. The Morgan fingerprint density at radius 1 is 1.26 bits per heavy atom. The van der Waals surface area contributed by atoms with Gasteiger partial charge in [-0.1, -0.05) is 0 Å². The van der Waals surface area contributed by atoms with E-state index < -0.39 is 6.10 Å². The molecule has 0 bridgehead atoms. The lowest BCUT2D eigenvalue weighted by Crippen LogP contribution is -2.24. The van der Waals surface area contributed by atoms with Crippen LogP contribution in [-0.4, -0.2) is 44.8 Å². The Morgan fingerprint density at radius 2 is 2.07 bits per heavy atom. The van der Waals surface area contributed by atoms with Gasteiger partial charge in [0, 0.05) is 24.8 Å². The Labute approximate surface area is 155 Å². The minimum atomic E-state index is -0.895. The molecule has 5 heterocycles. The van der Waals surface area contributed by atoms with Crippen LogP contribution in [0.3, 0.4) is 0 Å². The monoisotopic (exact) mass is 382 g/mol. The molecule has 0 aliphatic carbocycles. The van der Waals surface area contributed by atoms with Crippen LogP contribution in [0, 0.1) is 0 Å². The van der Waals surface area contributed by atoms with Crippen molar-refractivity contribution in [2.24, 2.45) is 7.05 Å². The molecule has 27 heavy (non-hydrogen) atoms. The zero-order chi connectivity index (χ0) is 18.5. The van der Waals surface area contributed by atoms with Crippen LogP contribution < -0.4 is 5.56 Å². The third-order valence-corrected chi connectivity index (χ3v) is 5.60.